The lowest BCUT2D eigenvalue weighted by Crippen LogP contribution is -2.30. The van der Waals surface area contributed by atoms with Crippen molar-refractivity contribution in [3.05, 3.63) is 0 Å². The van der Waals surface area contributed by atoms with Crippen LogP contribution in [-0.2, 0) is 65.4 Å². The molecule has 0 spiro atoms. The van der Waals surface area contributed by atoms with E-state index < -0.39 is 97.5 Å². The zero-order valence-corrected chi connectivity index (χ0v) is 65.0. The van der Waals surface area contributed by atoms with Gasteiger partial charge in [-0.15, -0.1) is 0 Å². The average molecular weight is 1420 g/mol. The van der Waals surface area contributed by atoms with Gasteiger partial charge < -0.3 is 33.8 Å². The number of phosphoric acid groups is 2. The lowest BCUT2D eigenvalue weighted by molar-refractivity contribution is -0.161. The number of ether oxygens (including phenoxy) is 4. The molecular weight excluding hydrogens is 1270 g/mol. The van der Waals surface area contributed by atoms with E-state index in [4.69, 9.17) is 37.0 Å². The van der Waals surface area contributed by atoms with Gasteiger partial charge in [0, 0.05) is 25.7 Å². The second-order valence-corrected chi connectivity index (χ2v) is 31.5. The molecule has 0 aromatic carbocycles. The summed E-state index contributed by atoms with van der Waals surface area (Å²) in [6, 6.07) is 0. The SMILES string of the molecule is CCCCCCCCCCCCCCCCCCCCCCCC(=O)O[C@H](COC(=O)CCCCCCCCCCCCCCC(C)C)COP(=O)(O)OC[C@@H](O)COP(=O)(O)OC[C@@H](COC(=O)CCCCCCCCC)OC(=O)CCCCCCCCCCCCCCCC. The Labute approximate surface area is 594 Å². The van der Waals surface area contributed by atoms with Crippen LogP contribution in [0.2, 0.25) is 0 Å². The van der Waals surface area contributed by atoms with E-state index in [1.54, 1.807) is 0 Å². The second-order valence-electron chi connectivity index (χ2n) is 28.6. The first-order valence-corrected chi connectivity index (χ1v) is 43.6. The van der Waals surface area contributed by atoms with Crippen molar-refractivity contribution in [3.63, 3.8) is 0 Å². The lowest BCUT2D eigenvalue weighted by Gasteiger charge is -2.21. The van der Waals surface area contributed by atoms with Gasteiger partial charge in [-0.25, -0.2) is 9.13 Å². The molecule has 576 valence electrons. The summed E-state index contributed by atoms with van der Waals surface area (Å²) in [7, 11) is -9.91. The Hall–Kier alpha value is -1.94. The highest BCUT2D eigenvalue weighted by atomic mass is 31.2. The highest BCUT2D eigenvalue weighted by Gasteiger charge is 2.30. The summed E-state index contributed by atoms with van der Waals surface area (Å²) < 4.78 is 68.5. The van der Waals surface area contributed by atoms with Crippen molar-refractivity contribution in [2.75, 3.05) is 39.6 Å². The third-order valence-corrected chi connectivity index (χ3v) is 20.2. The Morgan fingerprint density at radius 3 is 0.701 bits per heavy atom. The van der Waals surface area contributed by atoms with Crippen molar-refractivity contribution < 1.29 is 80.2 Å². The first-order valence-electron chi connectivity index (χ1n) is 40.6. The molecule has 0 aromatic rings. The maximum atomic E-state index is 13.1. The molecule has 0 aromatic heterocycles. The molecule has 0 aliphatic carbocycles. The van der Waals surface area contributed by atoms with E-state index in [1.807, 2.05) is 0 Å². The van der Waals surface area contributed by atoms with Crippen LogP contribution in [0.3, 0.4) is 0 Å². The van der Waals surface area contributed by atoms with Crippen molar-refractivity contribution >= 4 is 39.5 Å². The zero-order chi connectivity index (χ0) is 71.2. The second kappa shape index (κ2) is 71.1. The molecular formula is C78H152O17P2. The maximum absolute atomic E-state index is 13.1. The lowest BCUT2D eigenvalue weighted by atomic mass is 10.0. The molecule has 17 nitrogen and oxygen atoms in total. The molecule has 5 atom stereocenters. The summed E-state index contributed by atoms with van der Waals surface area (Å²) >= 11 is 0. The highest BCUT2D eigenvalue weighted by Crippen LogP contribution is 2.45. The molecule has 97 heavy (non-hydrogen) atoms. The molecule has 0 saturated carbocycles. The fourth-order valence-electron chi connectivity index (χ4n) is 12.1. The Kier molecular flexibility index (Phi) is 69.6. The normalized spacial score (nSPS) is 13.9. The fraction of sp³-hybridized carbons (Fsp3) is 0.949. The number of unbranched alkanes of at least 4 members (excludes halogenated alkanes) is 50. The topological polar surface area (TPSA) is 237 Å². The van der Waals surface area contributed by atoms with Crippen LogP contribution in [0.4, 0.5) is 0 Å². The van der Waals surface area contributed by atoms with Gasteiger partial charge in [0.15, 0.2) is 12.2 Å². The number of hydrogen-bond acceptors (Lipinski definition) is 15. The minimum atomic E-state index is -4.96. The minimum absolute atomic E-state index is 0.108. The van der Waals surface area contributed by atoms with E-state index in [-0.39, 0.29) is 25.7 Å². The van der Waals surface area contributed by atoms with E-state index in [0.717, 1.165) is 109 Å². The molecule has 0 saturated heterocycles. The number of hydrogen-bond donors (Lipinski definition) is 3. The first-order chi connectivity index (χ1) is 47.0. The minimum Gasteiger partial charge on any atom is -0.462 e. The number of carbonyl (C=O) groups excluding carboxylic acids is 4. The van der Waals surface area contributed by atoms with Gasteiger partial charge >= 0.3 is 39.5 Å². The first kappa shape index (κ1) is 95.1. The third kappa shape index (κ3) is 72.2. The van der Waals surface area contributed by atoms with Crippen molar-refractivity contribution in [1.82, 2.24) is 0 Å². The number of esters is 4. The zero-order valence-electron chi connectivity index (χ0n) is 63.2. The molecule has 19 heteroatoms. The number of aliphatic hydroxyl groups excluding tert-OH is 1. The number of carbonyl (C=O) groups is 4. The van der Waals surface area contributed by atoms with Crippen molar-refractivity contribution in [2.45, 2.75) is 432 Å². The number of aliphatic hydroxyl groups is 1. The van der Waals surface area contributed by atoms with Crippen LogP contribution in [0.1, 0.15) is 413 Å². The standard InChI is InChI=1S/C78H152O17P2/c1-6-9-12-15-18-20-22-24-26-27-28-29-30-31-32-34-40-44-49-54-59-64-78(83)95-74(68-89-76(81)62-57-52-47-42-38-36-35-37-41-46-50-55-60-71(4)5)70-93-97(86,87)91-66-72(79)65-90-96(84,85)92-69-73(67-88-75(80)61-56-51-45-17-14-11-8-3)94-77(82)63-58-53-48-43-39-33-25-23-21-19-16-13-10-7-2/h71-74,79H,6-70H2,1-5H3,(H,84,85)(H,86,87)/t72-,73+,74+/m0/s1. The van der Waals surface area contributed by atoms with Gasteiger partial charge in [0.1, 0.15) is 19.3 Å². The van der Waals surface area contributed by atoms with Crippen LogP contribution >= 0.6 is 15.6 Å². The van der Waals surface area contributed by atoms with Gasteiger partial charge in [-0.3, -0.25) is 37.3 Å². The van der Waals surface area contributed by atoms with Crippen molar-refractivity contribution in [3.8, 4) is 0 Å². The van der Waals surface area contributed by atoms with E-state index in [2.05, 4.69) is 34.6 Å². The molecule has 2 unspecified atom stereocenters. The Morgan fingerprint density at radius 1 is 0.278 bits per heavy atom. The Balaban J connectivity index is 5.17. The quantitative estimate of drug-likeness (QED) is 0.0222. The predicted octanol–water partition coefficient (Wildman–Crippen LogP) is 23.3. The van der Waals surface area contributed by atoms with E-state index in [1.165, 1.54) is 225 Å². The van der Waals surface area contributed by atoms with Crippen LogP contribution in [0.25, 0.3) is 0 Å². The average Bonchev–Trinajstić information content (AvgIpc) is 1.79. The molecule has 0 bridgehead atoms. The predicted molar refractivity (Wildman–Crippen MR) is 395 cm³/mol. The van der Waals surface area contributed by atoms with Gasteiger partial charge in [-0.1, -0.05) is 362 Å². The molecule has 0 amide bonds. The van der Waals surface area contributed by atoms with Crippen LogP contribution in [0.15, 0.2) is 0 Å². The number of rotatable bonds is 78. The molecule has 0 rings (SSSR count). The number of phosphoric ester groups is 2. The molecule has 0 heterocycles. The highest BCUT2D eigenvalue weighted by molar-refractivity contribution is 7.47. The molecule has 3 N–H and O–H groups in total. The molecule has 0 fully saturated rings. The molecule has 0 aliphatic heterocycles. The Morgan fingerprint density at radius 2 is 0.474 bits per heavy atom. The third-order valence-electron chi connectivity index (χ3n) is 18.3. The van der Waals surface area contributed by atoms with Crippen LogP contribution in [0, 0.1) is 5.92 Å². The van der Waals surface area contributed by atoms with Crippen molar-refractivity contribution in [1.29, 1.82) is 0 Å². The summed E-state index contributed by atoms with van der Waals surface area (Å²) in [5.74, 6) is -1.33. The fourth-order valence-corrected chi connectivity index (χ4v) is 13.6. The Bertz CT molecular complexity index is 1860. The van der Waals surface area contributed by atoms with Crippen LogP contribution in [0.5, 0.6) is 0 Å². The van der Waals surface area contributed by atoms with Crippen LogP contribution in [-0.4, -0.2) is 96.7 Å². The summed E-state index contributed by atoms with van der Waals surface area (Å²) in [6.45, 7) is 7.28. The van der Waals surface area contributed by atoms with E-state index in [9.17, 15) is 43.2 Å². The maximum Gasteiger partial charge on any atom is 0.472 e. The smallest absolute Gasteiger partial charge is 0.462 e. The van der Waals surface area contributed by atoms with Crippen molar-refractivity contribution in [2.24, 2.45) is 5.92 Å². The van der Waals surface area contributed by atoms with E-state index in [0.29, 0.717) is 25.7 Å². The molecule has 0 aliphatic rings. The van der Waals surface area contributed by atoms with Gasteiger partial charge in [-0.05, 0) is 31.6 Å². The largest absolute Gasteiger partial charge is 0.472 e. The summed E-state index contributed by atoms with van der Waals surface area (Å²) in [4.78, 5) is 72.7. The van der Waals surface area contributed by atoms with Gasteiger partial charge in [0.2, 0.25) is 0 Å². The van der Waals surface area contributed by atoms with Crippen LogP contribution < -0.4 is 0 Å². The van der Waals surface area contributed by atoms with Gasteiger partial charge in [0.05, 0.1) is 26.4 Å². The summed E-state index contributed by atoms with van der Waals surface area (Å²) in [6.07, 6.45) is 61.2. The summed E-state index contributed by atoms with van der Waals surface area (Å²) in [5.41, 5.74) is 0. The van der Waals surface area contributed by atoms with E-state index >= 15 is 0 Å². The van der Waals surface area contributed by atoms with Gasteiger partial charge in [0.25, 0.3) is 0 Å². The molecule has 0 radical (unpaired) electrons. The monoisotopic (exact) mass is 1420 g/mol. The van der Waals surface area contributed by atoms with Gasteiger partial charge in [-0.2, -0.15) is 0 Å². The summed E-state index contributed by atoms with van der Waals surface area (Å²) in [5, 5.41) is 10.6.